The molecule has 0 radical (unpaired) electrons. The summed E-state index contributed by atoms with van der Waals surface area (Å²) in [5, 5.41) is 0. The average Bonchev–Trinajstić information content (AvgIpc) is 2.17. The predicted molar refractivity (Wildman–Crippen MR) is 53.4 cm³/mol. The van der Waals surface area contributed by atoms with Crippen LogP contribution in [0.15, 0.2) is 12.2 Å². The van der Waals surface area contributed by atoms with Crippen molar-refractivity contribution in [3.05, 3.63) is 12.2 Å². The van der Waals surface area contributed by atoms with Gasteiger partial charge in [0.1, 0.15) is 6.10 Å². The quantitative estimate of drug-likeness (QED) is 0.397. The second-order valence-corrected chi connectivity index (χ2v) is 3.68. The van der Waals surface area contributed by atoms with Crippen LogP contribution in [0, 0.1) is 5.92 Å². The summed E-state index contributed by atoms with van der Waals surface area (Å²) in [5.74, 6) is 0.0166. The summed E-state index contributed by atoms with van der Waals surface area (Å²) in [5.41, 5.74) is 0. The second-order valence-electron chi connectivity index (χ2n) is 3.68. The Hall–Kier alpha value is -0.830. The lowest BCUT2D eigenvalue weighted by atomic mass is 9.86. The molecule has 2 atom stereocenters. The highest BCUT2D eigenvalue weighted by Gasteiger charge is 2.25. The normalized spacial score (nSPS) is 27.9. The fraction of sp³-hybridized carbons (Fsp3) is 0.727. The number of hydrogen-bond donors (Lipinski definition) is 0. The van der Waals surface area contributed by atoms with Crippen LogP contribution < -0.4 is 0 Å². The molecule has 1 rings (SSSR count). The van der Waals surface area contributed by atoms with Crippen LogP contribution in [-0.2, 0) is 14.6 Å². The maximum Gasteiger partial charge on any atom is 0.339 e. The molecule has 0 aliphatic heterocycles. The van der Waals surface area contributed by atoms with E-state index >= 15 is 0 Å². The lowest BCUT2D eigenvalue weighted by Crippen LogP contribution is -2.27. The van der Waals surface area contributed by atoms with Gasteiger partial charge in [-0.05, 0) is 19.8 Å². The summed E-state index contributed by atoms with van der Waals surface area (Å²) in [7, 11) is 0. The molecule has 0 spiro atoms. The molecule has 0 aromatic rings. The van der Waals surface area contributed by atoms with Gasteiger partial charge < -0.3 is 0 Å². The van der Waals surface area contributed by atoms with Crippen molar-refractivity contribution >= 4 is 5.97 Å². The zero-order valence-corrected chi connectivity index (χ0v) is 8.86. The van der Waals surface area contributed by atoms with Crippen LogP contribution in [0.1, 0.15) is 39.5 Å². The third-order valence-electron chi connectivity index (χ3n) is 2.48. The van der Waals surface area contributed by atoms with Crippen molar-refractivity contribution in [1.82, 2.24) is 0 Å². The summed E-state index contributed by atoms with van der Waals surface area (Å²) in [6.07, 6.45) is 8.69. The maximum absolute atomic E-state index is 10.6. The van der Waals surface area contributed by atoms with Gasteiger partial charge in [0.15, 0.2) is 0 Å². The minimum Gasteiger partial charge on any atom is -0.298 e. The molecule has 1 saturated carbocycles. The van der Waals surface area contributed by atoms with Gasteiger partial charge in [0.05, 0.1) is 0 Å². The molecule has 0 bridgehead atoms. The Balaban J connectivity index is 2.41. The van der Waals surface area contributed by atoms with Gasteiger partial charge in [-0.2, -0.15) is 4.89 Å². The van der Waals surface area contributed by atoms with Crippen LogP contribution in [-0.4, -0.2) is 12.1 Å². The van der Waals surface area contributed by atoms with Crippen LogP contribution in [0.3, 0.4) is 0 Å². The molecule has 0 amide bonds. The largest absolute Gasteiger partial charge is 0.339 e. The van der Waals surface area contributed by atoms with Crippen molar-refractivity contribution in [2.75, 3.05) is 0 Å². The van der Waals surface area contributed by atoms with Crippen LogP contribution in [0.5, 0.6) is 0 Å². The molecule has 1 aliphatic rings. The van der Waals surface area contributed by atoms with Crippen molar-refractivity contribution < 1.29 is 14.6 Å². The van der Waals surface area contributed by atoms with Crippen LogP contribution in [0.4, 0.5) is 0 Å². The van der Waals surface area contributed by atoms with E-state index in [1.54, 1.807) is 0 Å². The van der Waals surface area contributed by atoms with Crippen molar-refractivity contribution in [2.24, 2.45) is 5.92 Å². The van der Waals surface area contributed by atoms with Crippen LogP contribution >= 0.6 is 0 Å². The van der Waals surface area contributed by atoms with Gasteiger partial charge in [-0.25, -0.2) is 4.79 Å². The van der Waals surface area contributed by atoms with Gasteiger partial charge >= 0.3 is 5.97 Å². The van der Waals surface area contributed by atoms with E-state index in [1.165, 1.54) is 13.3 Å². The summed E-state index contributed by atoms with van der Waals surface area (Å²) < 4.78 is 0. The van der Waals surface area contributed by atoms with E-state index < -0.39 is 0 Å². The van der Waals surface area contributed by atoms with Crippen molar-refractivity contribution in [2.45, 2.75) is 45.6 Å². The van der Waals surface area contributed by atoms with E-state index in [9.17, 15) is 4.79 Å². The van der Waals surface area contributed by atoms with Gasteiger partial charge in [0, 0.05) is 12.8 Å². The van der Waals surface area contributed by atoms with Gasteiger partial charge in [-0.1, -0.05) is 25.0 Å². The standard InChI is InChI=1S/C11H18O3/c1-3-6-10-7-4-5-8-11(10)14-13-9(2)12/h3,6,10-11H,4-5,7-8H2,1-2H3. The molecular formula is C11H18O3. The molecule has 0 aromatic heterocycles. The van der Waals surface area contributed by atoms with Gasteiger partial charge in [-0.3, -0.25) is 4.89 Å². The van der Waals surface area contributed by atoms with Crippen LogP contribution in [0.2, 0.25) is 0 Å². The molecule has 1 aliphatic carbocycles. The first-order valence-corrected chi connectivity index (χ1v) is 5.20. The molecule has 80 valence electrons. The zero-order chi connectivity index (χ0) is 10.4. The fourth-order valence-corrected chi connectivity index (χ4v) is 1.84. The molecule has 0 aromatic carbocycles. The third-order valence-corrected chi connectivity index (χ3v) is 2.48. The Labute approximate surface area is 85.0 Å². The highest BCUT2D eigenvalue weighted by molar-refractivity contribution is 5.65. The van der Waals surface area contributed by atoms with Crippen molar-refractivity contribution in [1.29, 1.82) is 0 Å². The zero-order valence-electron chi connectivity index (χ0n) is 8.86. The minimum atomic E-state index is -0.380. The first-order valence-electron chi connectivity index (χ1n) is 5.20. The Morgan fingerprint density at radius 3 is 2.71 bits per heavy atom. The Morgan fingerprint density at radius 2 is 2.07 bits per heavy atom. The Kier molecular flexibility index (Phi) is 4.66. The highest BCUT2D eigenvalue weighted by Crippen LogP contribution is 2.28. The number of allylic oxidation sites excluding steroid dienone is 1. The van der Waals surface area contributed by atoms with Crippen LogP contribution in [0.25, 0.3) is 0 Å². The van der Waals surface area contributed by atoms with E-state index in [2.05, 4.69) is 11.0 Å². The Bertz CT molecular complexity index is 211. The predicted octanol–water partition coefficient (Wildman–Crippen LogP) is 2.62. The van der Waals surface area contributed by atoms with Gasteiger partial charge in [0.25, 0.3) is 0 Å². The van der Waals surface area contributed by atoms with E-state index in [0.717, 1.165) is 19.3 Å². The summed E-state index contributed by atoms with van der Waals surface area (Å²) in [6.45, 7) is 3.35. The maximum atomic E-state index is 10.6. The topological polar surface area (TPSA) is 35.5 Å². The third kappa shape index (κ3) is 3.50. The number of hydrogen-bond acceptors (Lipinski definition) is 3. The monoisotopic (exact) mass is 198 g/mol. The van der Waals surface area contributed by atoms with Gasteiger partial charge in [0.2, 0.25) is 0 Å². The molecule has 0 N–H and O–H groups in total. The number of carbonyl (C=O) groups is 1. The fourth-order valence-electron chi connectivity index (χ4n) is 1.84. The SMILES string of the molecule is CC=CC1CCCCC1OOC(C)=O. The van der Waals surface area contributed by atoms with E-state index in [1.807, 2.05) is 13.0 Å². The molecule has 3 heteroatoms. The lowest BCUT2D eigenvalue weighted by molar-refractivity contribution is -0.306. The summed E-state index contributed by atoms with van der Waals surface area (Å²) in [4.78, 5) is 20.3. The highest BCUT2D eigenvalue weighted by atomic mass is 17.2. The molecular weight excluding hydrogens is 180 g/mol. The van der Waals surface area contributed by atoms with E-state index in [0.29, 0.717) is 5.92 Å². The molecule has 0 heterocycles. The van der Waals surface area contributed by atoms with Crippen molar-refractivity contribution in [3.63, 3.8) is 0 Å². The van der Waals surface area contributed by atoms with E-state index in [4.69, 9.17) is 4.89 Å². The Morgan fingerprint density at radius 1 is 1.36 bits per heavy atom. The molecule has 2 unspecified atom stereocenters. The number of carbonyl (C=O) groups excluding carboxylic acids is 1. The summed E-state index contributed by atoms with van der Waals surface area (Å²) in [6, 6.07) is 0. The first kappa shape index (κ1) is 11.2. The molecule has 0 saturated heterocycles. The van der Waals surface area contributed by atoms with Crippen molar-refractivity contribution in [3.8, 4) is 0 Å². The smallest absolute Gasteiger partial charge is 0.298 e. The van der Waals surface area contributed by atoms with E-state index in [-0.39, 0.29) is 12.1 Å². The van der Waals surface area contributed by atoms with Gasteiger partial charge in [-0.15, -0.1) is 0 Å². The number of rotatable bonds is 3. The first-order chi connectivity index (χ1) is 6.74. The second kappa shape index (κ2) is 5.81. The lowest BCUT2D eigenvalue weighted by Gasteiger charge is -2.27. The molecule has 1 fully saturated rings. The average molecular weight is 198 g/mol. The summed E-state index contributed by atoms with van der Waals surface area (Å²) >= 11 is 0. The minimum absolute atomic E-state index is 0.0452. The molecule has 3 nitrogen and oxygen atoms in total. The molecule has 14 heavy (non-hydrogen) atoms.